The van der Waals surface area contributed by atoms with Gasteiger partial charge in [0.15, 0.2) is 0 Å². The van der Waals surface area contributed by atoms with Gasteiger partial charge in [-0.2, -0.15) is 5.10 Å². The first-order valence-electron chi connectivity index (χ1n) is 9.84. The first-order valence-corrected chi connectivity index (χ1v) is 9.84. The highest BCUT2D eigenvalue weighted by atomic mass is 19.1. The van der Waals surface area contributed by atoms with Gasteiger partial charge in [0.05, 0.1) is 25.2 Å². The fraction of sp³-hybridized carbons (Fsp3) is 0.286. The highest BCUT2D eigenvalue weighted by Gasteiger charge is 2.17. The molecule has 0 aliphatic carbocycles. The lowest BCUT2D eigenvalue weighted by Crippen LogP contribution is -2.36. The number of hydrogen-bond acceptors (Lipinski definition) is 6. The molecule has 8 nitrogen and oxygen atoms in total. The molecule has 162 valence electrons. The monoisotopic (exact) mass is 428 g/mol. The molecule has 1 saturated heterocycles. The van der Waals surface area contributed by atoms with Crippen LogP contribution in [-0.2, 0) is 11.2 Å². The Kier molecular flexibility index (Phi) is 6.19. The molecule has 3 N–H and O–H groups in total. The molecule has 0 unspecified atom stereocenters. The number of halogens is 2. The van der Waals surface area contributed by atoms with Crippen molar-refractivity contribution in [3.05, 3.63) is 70.6 Å². The number of ether oxygens (including phenoxy) is 1. The van der Waals surface area contributed by atoms with Crippen molar-refractivity contribution in [3.8, 4) is 16.8 Å². The second-order valence-electron chi connectivity index (χ2n) is 7.10. The molecular formula is C21H22F2N6O2. The SMILES string of the molecule is NC/C(=C/F)Cc1n[nH]c(=O)n1-c1ccc(-c2ccc(N3CCOCC3)nc2)cc1F. The molecule has 3 aromatic rings. The van der Waals surface area contributed by atoms with Gasteiger partial charge in [0.2, 0.25) is 0 Å². The lowest BCUT2D eigenvalue weighted by atomic mass is 10.1. The van der Waals surface area contributed by atoms with E-state index in [2.05, 4.69) is 20.1 Å². The molecule has 4 rings (SSSR count). The fourth-order valence-corrected chi connectivity index (χ4v) is 3.46. The molecule has 0 spiro atoms. The molecule has 1 aromatic carbocycles. The predicted molar refractivity (Wildman–Crippen MR) is 112 cm³/mol. The van der Waals surface area contributed by atoms with Crippen LogP contribution in [0.5, 0.6) is 0 Å². The van der Waals surface area contributed by atoms with E-state index in [9.17, 15) is 13.6 Å². The molecule has 0 atom stereocenters. The molecule has 0 saturated carbocycles. The molecule has 2 aromatic heterocycles. The van der Waals surface area contributed by atoms with Crippen LogP contribution >= 0.6 is 0 Å². The van der Waals surface area contributed by atoms with E-state index in [1.54, 1.807) is 12.3 Å². The molecule has 0 amide bonds. The summed E-state index contributed by atoms with van der Waals surface area (Å²) >= 11 is 0. The van der Waals surface area contributed by atoms with Gasteiger partial charge in [-0.25, -0.2) is 28.2 Å². The van der Waals surface area contributed by atoms with E-state index in [4.69, 9.17) is 10.5 Å². The summed E-state index contributed by atoms with van der Waals surface area (Å²) in [5.74, 6) is 0.399. The van der Waals surface area contributed by atoms with Crippen molar-refractivity contribution >= 4 is 5.82 Å². The second-order valence-corrected chi connectivity index (χ2v) is 7.10. The van der Waals surface area contributed by atoms with E-state index < -0.39 is 11.5 Å². The highest BCUT2D eigenvalue weighted by molar-refractivity contribution is 5.65. The number of hydrogen-bond donors (Lipinski definition) is 2. The van der Waals surface area contributed by atoms with Gasteiger partial charge in [0.1, 0.15) is 17.5 Å². The Morgan fingerprint density at radius 3 is 2.65 bits per heavy atom. The summed E-state index contributed by atoms with van der Waals surface area (Å²) < 4.78 is 34.3. The van der Waals surface area contributed by atoms with Gasteiger partial charge in [-0.1, -0.05) is 6.07 Å². The number of morpholine rings is 1. The van der Waals surface area contributed by atoms with Gasteiger partial charge in [0.25, 0.3) is 0 Å². The summed E-state index contributed by atoms with van der Waals surface area (Å²) in [4.78, 5) is 18.8. The Labute approximate surface area is 177 Å². The Hall–Kier alpha value is -3.37. The van der Waals surface area contributed by atoms with Crippen LogP contribution in [0.4, 0.5) is 14.6 Å². The minimum Gasteiger partial charge on any atom is -0.378 e. The van der Waals surface area contributed by atoms with Crippen LogP contribution in [0.1, 0.15) is 5.82 Å². The number of aromatic nitrogens is 4. The van der Waals surface area contributed by atoms with Crippen molar-refractivity contribution in [2.75, 3.05) is 37.7 Å². The van der Waals surface area contributed by atoms with Crippen LogP contribution in [0.3, 0.4) is 0 Å². The Morgan fingerprint density at radius 2 is 2.00 bits per heavy atom. The average molecular weight is 428 g/mol. The highest BCUT2D eigenvalue weighted by Crippen LogP contribution is 2.25. The van der Waals surface area contributed by atoms with E-state index in [0.29, 0.717) is 25.1 Å². The number of nitrogens with two attached hydrogens (primary N) is 1. The molecule has 3 heterocycles. The number of pyridine rings is 1. The topological polar surface area (TPSA) is 102 Å². The van der Waals surface area contributed by atoms with Crippen LogP contribution < -0.4 is 16.3 Å². The summed E-state index contributed by atoms with van der Waals surface area (Å²) in [5, 5.41) is 6.15. The zero-order valence-electron chi connectivity index (χ0n) is 16.7. The number of benzene rings is 1. The van der Waals surface area contributed by atoms with Crippen molar-refractivity contribution in [1.82, 2.24) is 19.7 Å². The molecule has 10 heteroatoms. The number of nitrogens with one attached hydrogen (secondary N) is 1. The number of anilines is 1. The molecular weight excluding hydrogens is 406 g/mol. The zero-order valence-corrected chi connectivity index (χ0v) is 16.7. The maximum atomic E-state index is 15.0. The van der Waals surface area contributed by atoms with Crippen molar-refractivity contribution in [1.29, 1.82) is 0 Å². The van der Waals surface area contributed by atoms with Gasteiger partial charge in [-0.05, 0) is 35.4 Å². The minimum atomic E-state index is -0.617. The normalized spacial score (nSPS) is 14.8. The third-order valence-corrected chi connectivity index (χ3v) is 5.15. The summed E-state index contributed by atoms with van der Waals surface area (Å²) in [6.07, 6.45) is 2.05. The first kappa shape index (κ1) is 20.9. The van der Waals surface area contributed by atoms with Gasteiger partial charge >= 0.3 is 5.69 Å². The van der Waals surface area contributed by atoms with Gasteiger partial charge in [0, 0.05) is 37.8 Å². The lowest BCUT2D eigenvalue weighted by molar-refractivity contribution is 0.122. The van der Waals surface area contributed by atoms with E-state index in [0.717, 1.165) is 29.0 Å². The van der Waals surface area contributed by atoms with Crippen LogP contribution in [0.25, 0.3) is 16.8 Å². The van der Waals surface area contributed by atoms with Crippen LogP contribution in [0, 0.1) is 5.82 Å². The zero-order chi connectivity index (χ0) is 21.8. The van der Waals surface area contributed by atoms with Crippen molar-refractivity contribution < 1.29 is 13.5 Å². The number of H-pyrrole nitrogens is 1. The summed E-state index contributed by atoms with van der Waals surface area (Å²) in [5.41, 5.74) is 6.48. The quantitative estimate of drug-likeness (QED) is 0.622. The number of rotatable bonds is 6. The van der Waals surface area contributed by atoms with Crippen LogP contribution in [-0.4, -0.2) is 52.6 Å². The van der Waals surface area contributed by atoms with E-state index in [1.165, 1.54) is 12.1 Å². The fourth-order valence-electron chi connectivity index (χ4n) is 3.46. The predicted octanol–water partition coefficient (Wildman–Crippen LogP) is 1.95. The average Bonchev–Trinajstić information content (AvgIpc) is 3.17. The van der Waals surface area contributed by atoms with Gasteiger partial charge < -0.3 is 15.4 Å². The van der Waals surface area contributed by atoms with Gasteiger partial charge in [-0.3, -0.25) is 0 Å². The van der Waals surface area contributed by atoms with Crippen LogP contribution in [0.2, 0.25) is 0 Å². The third kappa shape index (κ3) is 4.39. The van der Waals surface area contributed by atoms with Crippen molar-refractivity contribution in [2.24, 2.45) is 5.73 Å². The van der Waals surface area contributed by atoms with Crippen LogP contribution in [0.15, 0.2) is 53.2 Å². The lowest BCUT2D eigenvalue weighted by Gasteiger charge is -2.27. The Bertz CT molecular complexity index is 1130. The summed E-state index contributed by atoms with van der Waals surface area (Å²) in [6.45, 7) is 2.85. The van der Waals surface area contributed by atoms with Crippen molar-refractivity contribution in [2.45, 2.75) is 6.42 Å². The smallest absolute Gasteiger partial charge is 0.348 e. The third-order valence-electron chi connectivity index (χ3n) is 5.15. The Balaban J connectivity index is 1.61. The first-order chi connectivity index (χ1) is 15.1. The maximum absolute atomic E-state index is 15.0. The number of nitrogens with zero attached hydrogens (tertiary/aromatic N) is 4. The van der Waals surface area contributed by atoms with E-state index in [-0.39, 0.29) is 30.1 Å². The summed E-state index contributed by atoms with van der Waals surface area (Å²) in [6, 6.07) is 8.28. The molecule has 31 heavy (non-hydrogen) atoms. The Morgan fingerprint density at radius 1 is 1.23 bits per heavy atom. The van der Waals surface area contributed by atoms with Crippen molar-refractivity contribution in [3.63, 3.8) is 0 Å². The maximum Gasteiger partial charge on any atom is 0.348 e. The largest absolute Gasteiger partial charge is 0.378 e. The second kappa shape index (κ2) is 9.19. The molecule has 1 aliphatic heterocycles. The minimum absolute atomic E-state index is 0.0140. The molecule has 0 radical (unpaired) electrons. The van der Waals surface area contributed by atoms with Gasteiger partial charge in [-0.15, -0.1) is 0 Å². The molecule has 1 fully saturated rings. The van der Waals surface area contributed by atoms with E-state index >= 15 is 0 Å². The molecule has 0 bridgehead atoms. The standard InChI is InChI=1S/C21H22F2N6O2/c22-11-14(12-24)9-20-26-27-21(30)29(20)18-3-1-15(10-17(18)23)16-2-4-19(25-13-16)28-5-7-31-8-6-28/h1-4,10-11,13H,5-9,12,24H2,(H,27,30)/b14-11+. The summed E-state index contributed by atoms with van der Waals surface area (Å²) in [7, 11) is 0. The number of aromatic amines is 1. The van der Waals surface area contributed by atoms with E-state index in [1.807, 2.05) is 12.1 Å². The molecule has 1 aliphatic rings.